The number of nitrogens with one attached hydrogen (secondary N) is 1. The van der Waals surface area contributed by atoms with Gasteiger partial charge in [0.1, 0.15) is 5.76 Å². The van der Waals surface area contributed by atoms with Gasteiger partial charge in [-0.15, -0.1) is 12.4 Å². The number of carbonyl (C=O) groups is 2. The van der Waals surface area contributed by atoms with Crippen LogP contribution in [0.3, 0.4) is 0 Å². The molecule has 0 bridgehead atoms. The van der Waals surface area contributed by atoms with Gasteiger partial charge in [0.2, 0.25) is 0 Å². The first-order valence-electron chi connectivity index (χ1n) is 8.64. The zero-order chi connectivity index (χ0) is 18.7. The summed E-state index contributed by atoms with van der Waals surface area (Å²) in [6, 6.07) is 6.49. The molecule has 0 unspecified atom stereocenters. The summed E-state index contributed by atoms with van der Waals surface area (Å²) < 4.78 is 5.17. The van der Waals surface area contributed by atoms with Crippen LogP contribution in [0.25, 0.3) is 0 Å². The summed E-state index contributed by atoms with van der Waals surface area (Å²) in [7, 11) is 0. The number of furan rings is 1. The summed E-state index contributed by atoms with van der Waals surface area (Å²) in [5.41, 5.74) is 6.96. The van der Waals surface area contributed by atoms with Crippen molar-refractivity contribution >= 4 is 41.5 Å². The van der Waals surface area contributed by atoms with Gasteiger partial charge in [-0.05, 0) is 56.5 Å². The van der Waals surface area contributed by atoms with Gasteiger partial charge in [-0.1, -0.05) is 11.6 Å². The molecule has 1 aromatic carbocycles. The maximum Gasteiger partial charge on any atom is 0.259 e. The Bertz CT molecular complexity index is 814. The van der Waals surface area contributed by atoms with Gasteiger partial charge in [0.15, 0.2) is 0 Å². The molecule has 3 N–H and O–H groups in total. The third-order valence-corrected chi connectivity index (χ3v) is 5.03. The Morgan fingerprint density at radius 1 is 1.26 bits per heavy atom. The largest absolute Gasteiger partial charge is 0.469 e. The first-order chi connectivity index (χ1) is 12.5. The van der Waals surface area contributed by atoms with Crippen molar-refractivity contribution in [2.45, 2.75) is 19.8 Å². The lowest BCUT2D eigenvalue weighted by molar-refractivity contribution is 0.0694. The maximum atomic E-state index is 12.9. The van der Waals surface area contributed by atoms with Crippen LogP contribution in [0.1, 0.15) is 39.3 Å². The number of benzene rings is 1. The highest BCUT2D eigenvalue weighted by atomic mass is 35.5. The van der Waals surface area contributed by atoms with E-state index in [0.717, 1.165) is 12.8 Å². The van der Waals surface area contributed by atoms with E-state index in [1.807, 2.05) is 0 Å². The number of anilines is 1. The van der Waals surface area contributed by atoms with Crippen LogP contribution in [0.5, 0.6) is 0 Å². The van der Waals surface area contributed by atoms with Crippen molar-refractivity contribution in [3.8, 4) is 0 Å². The molecule has 2 heterocycles. The zero-order valence-electron chi connectivity index (χ0n) is 15.0. The molecule has 0 radical (unpaired) electrons. The van der Waals surface area contributed by atoms with Gasteiger partial charge in [-0.2, -0.15) is 0 Å². The minimum atomic E-state index is -0.339. The predicted molar refractivity (Wildman–Crippen MR) is 108 cm³/mol. The summed E-state index contributed by atoms with van der Waals surface area (Å²) in [5.74, 6) is 0.527. The summed E-state index contributed by atoms with van der Waals surface area (Å²) >= 11 is 6.08. The second-order valence-electron chi connectivity index (χ2n) is 6.51. The van der Waals surface area contributed by atoms with Crippen LogP contribution in [0, 0.1) is 12.8 Å². The van der Waals surface area contributed by atoms with Crippen LogP contribution in [0.15, 0.2) is 34.9 Å². The highest BCUT2D eigenvalue weighted by Gasteiger charge is 2.25. The lowest BCUT2D eigenvalue weighted by Crippen LogP contribution is -2.40. The van der Waals surface area contributed by atoms with Crippen molar-refractivity contribution in [1.29, 1.82) is 0 Å². The van der Waals surface area contributed by atoms with Crippen LogP contribution in [0.4, 0.5) is 5.69 Å². The summed E-state index contributed by atoms with van der Waals surface area (Å²) in [6.45, 7) is 3.68. The van der Waals surface area contributed by atoms with E-state index < -0.39 is 0 Å². The molecule has 146 valence electrons. The maximum absolute atomic E-state index is 12.9. The molecule has 1 aromatic heterocycles. The minimum absolute atomic E-state index is 0. The van der Waals surface area contributed by atoms with Crippen LogP contribution >= 0.6 is 24.0 Å². The first-order valence-corrected chi connectivity index (χ1v) is 9.01. The molecule has 6 nitrogen and oxygen atoms in total. The smallest absolute Gasteiger partial charge is 0.259 e. The Balaban J connectivity index is 0.00000261. The normalized spacial score (nSPS) is 14.6. The van der Waals surface area contributed by atoms with Crippen molar-refractivity contribution in [3.05, 3.63) is 52.4 Å². The number of hydrogen-bond acceptors (Lipinski definition) is 4. The number of amides is 2. The van der Waals surface area contributed by atoms with E-state index in [1.54, 1.807) is 36.1 Å². The highest BCUT2D eigenvalue weighted by molar-refractivity contribution is 6.31. The average Bonchev–Trinajstić information content (AvgIpc) is 3.07. The number of hydrogen-bond donors (Lipinski definition) is 2. The van der Waals surface area contributed by atoms with Crippen LogP contribution in [-0.4, -0.2) is 36.3 Å². The van der Waals surface area contributed by atoms with Gasteiger partial charge in [-0.25, -0.2) is 0 Å². The van der Waals surface area contributed by atoms with E-state index in [-0.39, 0.29) is 24.2 Å². The fourth-order valence-electron chi connectivity index (χ4n) is 3.16. The van der Waals surface area contributed by atoms with Crippen molar-refractivity contribution < 1.29 is 14.0 Å². The number of carbonyl (C=O) groups excluding carboxylic acids is 2. The van der Waals surface area contributed by atoms with Gasteiger partial charge in [-0.3, -0.25) is 9.59 Å². The fourth-order valence-corrected chi connectivity index (χ4v) is 3.33. The van der Waals surface area contributed by atoms with Gasteiger partial charge >= 0.3 is 0 Å². The fraction of sp³-hybridized carbons (Fsp3) is 0.368. The molecule has 27 heavy (non-hydrogen) atoms. The lowest BCUT2D eigenvalue weighted by Gasteiger charge is -2.32. The first kappa shape index (κ1) is 21.3. The van der Waals surface area contributed by atoms with Crippen LogP contribution in [0.2, 0.25) is 5.02 Å². The van der Waals surface area contributed by atoms with Crippen molar-refractivity contribution in [2.75, 3.05) is 25.0 Å². The molecule has 1 aliphatic rings. The number of aryl methyl sites for hydroxylation is 1. The molecule has 1 fully saturated rings. The third kappa shape index (κ3) is 4.83. The summed E-state index contributed by atoms with van der Waals surface area (Å²) in [4.78, 5) is 27.2. The van der Waals surface area contributed by atoms with Gasteiger partial charge in [0, 0.05) is 18.1 Å². The van der Waals surface area contributed by atoms with Crippen molar-refractivity contribution in [3.63, 3.8) is 0 Å². The second kappa shape index (κ2) is 9.26. The van der Waals surface area contributed by atoms with E-state index in [0.29, 0.717) is 53.1 Å². The van der Waals surface area contributed by atoms with Gasteiger partial charge < -0.3 is 20.4 Å². The van der Waals surface area contributed by atoms with Gasteiger partial charge in [0.05, 0.1) is 23.1 Å². The zero-order valence-corrected chi connectivity index (χ0v) is 16.6. The third-order valence-electron chi connectivity index (χ3n) is 4.80. The standard InChI is InChI=1S/C19H22ClN3O3.ClH/c1-12-15(6-9-26-12)18(24)22-17-10-14(20)2-3-16(17)19(25)23-7-4-13(11-21)5-8-23;/h2-3,6,9-10,13H,4-5,7-8,11,21H2,1H3,(H,22,24);1H. The number of piperidine rings is 1. The molecule has 3 rings (SSSR count). The summed E-state index contributed by atoms with van der Waals surface area (Å²) in [6.07, 6.45) is 3.24. The number of rotatable bonds is 4. The summed E-state index contributed by atoms with van der Waals surface area (Å²) in [5, 5.41) is 3.23. The SMILES string of the molecule is Cc1occc1C(=O)Nc1cc(Cl)ccc1C(=O)N1CCC(CN)CC1.Cl. The van der Waals surface area contributed by atoms with Crippen LogP contribution in [-0.2, 0) is 0 Å². The Hall–Kier alpha value is -2.02. The topological polar surface area (TPSA) is 88.6 Å². The van der Waals surface area contributed by atoms with E-state index in [4.69, 9.17) is 21.8 Å². The second-order valence-corrected chi connectivity index (χ2v) is 6.94. The molecule has 1 aliphatic heterocycles. The van der Waals surface area contributed by atoms with E-state index in [9.17, 15) is 9.59 Å². The number of likely N-dealkylation sites (tertiary alicyclic amines) is 1. The van der Waals surface area contributed by atoms with E-state index >= 15 is 0 Å². The molecule has 0 saturated carbocycles. The predicted octanol–water partition coefficient (Wildman–Crippen LogP) is 3.73. The van der Waals surface area contributed by atoms with E-state index in [1.165, 1.54) is 6.26 Å². The molecule has 1 saturated heterocycles. The monoisotopic (exact) mass is 411 g/mol. The molecule has 0 spiro atoms. The quantitative estimate of drug-likeness (QED) is 0.801. The Morgan fingerprint density at radius 2 is 1.96 bits per heavy atom. The highest BCUT2D eigenvalue weighted by Crippen LogP contribution is 2.26. The molecular formula is C19H23Cl2N3O3. The van der Waals surface area contributed by atoms with Crippen LogP contribution < -0.4 is 11.1 Å². The Kier molecular flexibility index (Phi) is 7.30. The molecule has 0 atom stereocenters. The number of nitrogens with zero attached hydrogens (tertiary/aromatic N) is 1. The molecular weight excluding hydrogens is 389 g/mol. The van der Waals surface area contributed by atoms with Gasteiger partial charge in [0.25, 0.3) is 11.8 Å². The number of nitrogens with two attached hydrogens (primary N) is 1. The van der Waals surface area contributed by atoms with E-state index in [2.05, 4.69) is 5.32 Å². The molecule has 2 aromatic rings. The molecule has 0 aliphatic carbocycles. The van der Waals surface area contributed by atoms with Crippen molar-refractivity contribution in [1.82, 2.24) is 4.90 Å². The molecule has 8 heteroatoms. The number of halogens is 2. The Labute approximate surface area is 169 Å². The lowest BCUT2D eigenvalue weighted by atomic mass is 9.96. The minimum Gasteiger partial charge on any atom is -0.469 e. The Morgan fingerprint density at radius 3 is 2.56 bits per heavy atom. The average molecular weight is 412 g/mol. The van der Waals surface area contributed by atoms with Crippen molar-refractivity contribution in [2.24, 2.45) is 11.7 Å². The molecule has 2 amide bonds.